The molecule has 1 aromatic carbocycles. The maximum atomic E-state index is 5.95. The second-order valence-electron chi connectivity index (χ2n) is 6.19. The van der Waals surface area contributed by atoms with Crippen LogP contribution in [0.4, 0.5) is 0 Å². The van der Waals surface area contributed by atoms with Crippen molar-refractivity contribution in [3.63, 3.8) is 0 Å². The number of hydrogen-bond donors (Lipinski definition) is 1. The maximum Gasteiger partial charge on any atom is 0.203 e. The molecule has 118 valence electrons. The zero-order valence-electron chi connectivity index (χ0n) is 13.6. The Morgan fingerprint density at radius 3 is 2.14 bits per heavy atom. The fourth-order valence-corrected chi connectivity index (χ4v) is 3.38. The van der Waals surface area contributed by atoms with E-state index in [-0.39, 0.29) is 0 Å². The van der Waals surface area contributed by atoms with E-state index in [9.17, 15) is 0 Å². The van der Waals surface area contributed by atoms with E-state index in [1.165, 1.54) is 19.5 Å². The van der Waals surface area contributed by atoms with Gasteiger partial charge in [-0.25, -0.2) is 0 Å². The van der Waals surface area contributed by atoms with Gasteiger partial charge >= 0.3 is 0 Å². The Balaban J connectivity index is 1.91. The van der Waals surface area contributed by atoms with Crippen LogP contribution in [0, 0.1) is 11.8 Å². The molecule has 0 amide bonds. The predicted octanol–water partition coefficient (Wildman–Crippen LogP) is 1.64. The average Bonchev–Trinajstić information content (AvgIpc) is 2.46. The summed E-state index contributed by atoms with van der Waals surface area (Å²) in [6.07, 6.45) is 1.35. The van der Waals surface area contributed by atoms with Crippen LogP contribution < -0.4 is 19.1 Å². The molecular formula is C17H28NO3+. The van der Waals surface area contributed by atoms with Crippen molar-refractivity contribution in [1.82, 2.24) is 0 Å². The van der Waals surface area contributed by atoms with Gasteiger partial charge in [-0.3, -0.25) is 0 Å². The monoisotopic (exact) mass is 294 g/mol. The first-order valence-electron chi connectivity index (χ1n) is 7.81. The number of ether oxygens (including phenoxy) is 3. The molecule has 4 nitrogen and oxygen atoms in total. The van der Waals surface area contributed by atoms with Crippen LogP contribution in [-0.4, -0.2) is 40.5 Å². The minimum Gasteiger partial charge on any atom is -0.493 e. The minimum atomic E-state index is 0.686. The van der Waals surface area contributed by atoms with Gasteiger partial charge in [-0.2, -0.15) is 0 Å². The van der Waals surface area contributed by atoms with Gasteiger partial charge in [-0.05, 0) is 18.6 Å². The molecule has 1 N–H and O–H groups in total. The number of likely N-dealkylation sites (tertiary alicyclic amines) is 1. The molecule has 0 aromatic heterocycles. The Morgan fingerprint density at radius 1 is 1.05 bits per heavy atom. The van der Waals surface area contributed by atoms with Gasteiger partial charge in [-0.1, -0.05) is 19.9 Å². The summed E-state index contributed by atoms with van der Waals surface area (Å²) in [6.45, 7) is 8.90. The van der Waals surface area contributed by atoms with Crippen LogP contribution in [0.2, 0.25) is 0 Å². The van der Waals surface area contributed by atoms with E-state index in [2.05, 4.69) is 13.8 Å². The fourth-order valence-electron chi connectivity index (χ4n) is 3.38. The fraction of sp³-hybridized carbons (Fsp3) is 0.647. The van der Waals surface area contributed by atoms with Crippen molar-refractivity contribution in [3.8, 4) is 17.2 Å². The summed E-state index contributed by atoms with van der Waals surface area (Å²) in [5.41, 5.74) is 0. The van der Waals surface area contributed by atoms with Crippen LogP contribution in [0.5, 0.6) is 17.2 Å². The molecule has 1 saturated heterocycles. The van der Waals surface area contributed by atoms with Gasteiger partial charge in [0.1, 0.15) is 13.2 Å². The molecule has 0 aliphatic carbocycles. The number of rotatable bonds is 6. The lowest BCUT2D eigenvalue weighted by molar-refractivity contribution is -0.912. The van der Waals surface area contributed by atoms with Gasteiger partial charge in [0.25, 0.3) is 0 Å². The number of para-hydroxylation sites is 1. The first-order chi connectivity index (χ1) is 10.1. The molecule has 2 rings (SSSR count). The van der Waals surface area contributed by atoms with Gasteiger partial charge < -0.3 is 19.1 Å². The summed E-state index contributed by atoms with van der Waals surface area (Å²) in [5, 5.41) is 0. The molecule has 2 atom stereocenters. The molecule has 1 fully saturated rings. The normalized spacial score (nSPS) is 25.4. The molecule has 4 heteroatoms. The van der Waals surface area contributed by atoms with Crippen molar-refractivity contribution in [2.75, 3.05) is 40.5 Å². The van der Waals surface area contributed by atoms with Crippen LogP contribution in [0.3, 0.4) is 0 Å². The number of benzene rings is 1. The Hall–Kier alpha value is -1.42. The van der Waals surface area contributed by atoms with E-state index >= 15 is 0 Å². The number of hydrogen-bond acceptors (Lipinski definition) is 3. The average molecular weight is 294 g/mol. The third-order valence-electron chi connectivity index (χ3n) is 4.16. The minimum absolute atomic E-state index is 0.686. The highest BCUT2D eigenvalue weighted by molar-refractivity contribution is 5.51. The first kappa shape index (κ1) is 16.0. The van der Waals surface area contributed by atoms with E-state index in [1.54, 1.807) is 19.1 Å². The van der Waals surface area contributed by atoms with Crippen molar-refractivity contribution in [2.24, 2.45) is 11.8 Å². The Kier molecular flexibility index (Phi) is 5.74. The first-order valence-corrected chi connectivity index (χ1v) is 7.81. The van der Waals surface area contributed by atoms with E-state index in [0.29, 0.717) is 12.4 Å². The summed E-state index contributed by atoms with van der Waals surface area (Å²) in [4.78, 5) is 1.63. The zero-order chi connectivity index (χ0) is 15.2. The standard InChI is InChI=1S/C17H27NO3/c1-13-10-14(2)12-18(11-13)8-9-21-17-15(19-3)6-5-7-16(17)20-4/h5-7,13-14H,8-12H2,1-4H3/p+1/t13-,14-/m0/s1. The van der Waals surface area contributed by atoms with Crippen molar-refractivity contribution >= 4 is 0 Å². The molecule has 21 heavy (non-hydrogen) atoms. The molecule has 0 spiro atoms. The smallest absolute Gasteiger partial charge is 0.203 e. The summed E-state index contributed by atoms with van der Waals surface area (Å²) < 4.78 is 16.7. The van der Waals surface area contributed by atoms with Gasteiger partial charge in [0, 0.05) is 11.8 Å². The Bertz CT molecular complexity index is 417. The summed E-state index contributed by atoms with van der Waals surface area (Å²) in [6, 6.07) is 5.70. The number of quaternary nitrogens is 1. The molecule has 0 bridgehead atoms. The molecule has 0 unspecified atom stereocenters. The van der Waals surface area contributed by atoms with Gasteiger partial charge in [-0.15, -0.1) is 0 Å². The van der Waals surface area contributed by atoms with Gasteiger partial charge in [0.15, 0.2) is 11.5 Å². The Morgan fingerprint density at radius 2 is 1.62 bits per heavy atom. The zero-order valence-corrected chi connectivity index (χ0v) is 13.6. The van der Waals surface area contributed by atoms with E-state index in [1.807, 2.05) is 18.2 Å². The molecule has 0 saturated carbocycles. The lowest BCUT2D eigenvalue weighted by Gasteiger charge is -2.31. The van der Waals surface area contributed by atoms with E-state index < -0.39 is 0 Å². The lowest BCUT2D eigenvalue weighted by Crippen LogP contribution is -3.14. The second kappa shape index (κ2) is 7.55. The molecule has 1 aliphatic rings. The highest BCUT2D eigenvalue weighted by atomic mass is 16.5. The third kappa shape index (κ3) is 4.27. The lowest BCUT2D eigenvalue weighted by atomic mass is 9.92. The van der Waals surface area contributed by atoms with Crippen molar-refractivity contribution in [3.05, 3.63) is 18.2 Å². The molecule has 1 aromatic rings. The summed E-state index contributed by atoms with van der Waals surface area (Å²) in [5.74, 6) is 3.78. The maximum absolute atomic E-state index is 5.95. The SMILES string of the molecule is COc1cccc(OC)c1OCC[NH+]1C[C@@H](C)C[C@H](C)C1. The highest BCUT2D eigenvalue weighted by Gasteiger charge is 2.25. The number of nitrogens with one attached hydrogen (secondary N) is 1. The van der Waals surface area contributed by atoms with Crippen LogP contribution in [0.15, 0.2) is 18.2 Å². The summed E-state index contributed by atoms with van der Waals surface area (Å²) in [7, 11) is 3.31. The number of piperidine rings is 1. The Labute approximate surface area is 128 Å². The largest absolute Gasteiger partial charge is 0.493 e. The quantitative estimate of drug-likeness (QED) is 0.866. The molecule has 1 aliphatic heterocycles. The second-order valence-corrected chi connectivity index (χ2v) is 6.19. The van der Waals surface area contributed by atoms with Crippen LogP contribution >= 0.6 is 0 Å². The van der Waals surface area contributed by atoms with Crippen LogP contribution in [0.25, 0.3) is 0 Å². The molecular weight excluding hydrogens is 266 g/mol. The van der Waals surface area contributed by atoms with E-state index in [4.69, 9.17) is 14.2 Å². The third-order valence-corrected chi connectivity index (χ3v) is 4.16. The van der Waals surface area contributed by atoms with Crippen LogP contribution in [-0.2, 0) is 0 Å². The van der Waals surface area contributed by atoms with Crippen molar-refractivity contribution < 1.29 is 19.1 Å². The number of methoxy groups -OCH3 is 2. The van der Waals surface area contributed by atoms with Crippen molar-refractivity contribution in [1.29, 1.82) is 0 Å². The molecule has 0 radical (unpaired) electrons. The van der Waals surface area contributed by atoms with Crippen LogP contribution in [0.1, 0.15) is 20.3 Å². The van der Waals surface area contributed by atoms with E-state index in [0.717, 1.165) is 29.9 Å². The van der Waals surface area contributed by atoms with Gasteiger partial charge in [0.2, 0.25) is 5.75 Å². The molecule has 1 heterocycles. The summed E-state index contributed by atoms with van der Waals surface area (Å²) >= 11 is 0. The van der Waals surface area contributed by atoms with Crippen molar-refractivity contribution in [2.45, 2.75) is 20.3 Å². The van der Waals surface area contributed by atoms with Gasteiger partial charge in [0.05, 0.1) is 27.3 Å². The highest BCUT2D eigenvalue weighted by Crippen LogP contribution is 2.36. The topological polar surface area (TPSA) is 32.1 Å². The predicted molar refractivity (Wildman–Crippen MR) is 83.5 cm³/mol.